The molecule has 104 valence electrons. The molecule has 0 saturated carbocycles. The van der Waals surface area contributed by atoms with Gasteiger partial charge in [0.15, 0.2) is 5.76 Å². The second-order valence-corrected chi connectivity index (χ2v) is 4.94. The van der Waals surface area contributed by atoms with Crippen LogP contribution in [0.25, 0.3) is 0 Å². The third kappa shape index (κ3) is 2.75. The molecule has 0 aliphatic carbocycles. The van der Waals surface area contributed by atoms with Gasteiger partial charge in [0.05, 0.1) is 12.4 Å². The summed E-state index contributed by atoms with van der Waals surface area (Å²) in [6.07, 6.45) is 2.52. The maximum absolute atomic E-state index is 11.9. The standard InChI is InChI=1S/C16H17NO3/c18-16(14-7-4-9-19-14)17-11-13-8-10-20-15(13)12-5-2-1-3-6-12/h1-7,9,13,15H,8,10-11H2,(H,17,18)/t13-,15-/m1/s1. The number of carbonyl (C=O) groups excluding carboxylic acids is 1. The first-order valence-corrected chi connectivity index (χ1v) is 6.83. The highest BCUT2D eigenvalue weighted by molar-refractivity contribution is 5.91. The van der Waals surface area contributed by atoms with Crippen molar-refractivity contribution in [2.75, 3.05) is 13.2 Å². The van der Waals surface area contributed by atoms with E-state index in [2.05, 4.69) is 17.4 Å². The summed E-state index contributed by atoms with van der Waals surface area (Å²) in [5, 5.41) is 2.91. The maximum atomic E-state index is 11.9. The molecule has 1 fully saturated rings. The van der Waals surface area contributed by atoms with E-state index < -0.39 is 0 Å². The average Bonchev–Trinajstić information content (AvgIpc) is 3.17. The minimum Gasteiger partial charge on any atom is -0.459 e. The van der Waals surface area contributed by atoms with E-state index in [1.807, 2.05) is 18.2 Å². The molecule has 1 aliphatic rings. The van der Waals surface area contributed by atoms with E-state index in [1.54, 1.807) is 12.1 Å². The molecule has 0 spiro atoms. The van der Waals surface area contributed by atoms with Crippen LogP contribution in [0.4, 0.5) is 0 Å². The lowest BCUT2D eigenvalue weighted by atomic mass is 9.95. The Balaban J connectivity index is 1.61. The van der Waals surface area contributed by atoms with Crippen LogP contribution in [0, 0.1) is 5.92 Å². The Bertz CT molecular complexity index is 550. The molecule has 2 aromatic rings. The number of hydrogen-bond acceptors (Lipinski definition) is 3. The molecule has 2 heterocycles. The highest BCUT2D eigenvalue weighted by Gasteiger charge is 2.29. The minimum atomic E-state index is -0.172. The minimum absolute atomic E-state index is 0.0631. The molecule has 3 rings (SSSR count). The Morgan fingerprint density at radius 3 is 2.80 bits per heavy atom. The van der Waals surface area contributed by atoms with Crippen molar-refractivity contribution >= 4 is 5.91 Å². The van der Waals surface area contributed by atoms with E-state index in [1.165, 1.54) is 11.8 Å². The van der Waals surface area contributed by atoms with Crippen molar-refractivity contribution in [3.63, 3.8) is 0 Å². The van der Waals surface area contributed by atoms with Gasteiger partial charge in [0.1, 0.15) is 0 Å². The zero-order valence-electron chi connectivity index (χ0n) is 11.1. The van der Waals surface area contributed by atoms with E-state index in [0.29, 0.717) is 18.2 Å². The molecule has 0 radical (unpaired) electrons. The van der Waals surface area contributed by atoms with Crippen LogP contribution in [0.2, 0.25) is 0 Å². The fourth-order valence-electron chi connectivity index (χ4n) is 2.57. The summed E-state index contributed by atoms with van der Waals surface area (Å²) in [4.78, 5) is 11.9. The second-order valence-electron chi connectivity index (χ2n) is 4.94. The van der Waals surface area contributed by atoms with E-state index in [0.717, 1.165) is 13.0 Å². The number of ether oxygens (including phenoxy) is 1. The van der Waals surface area contributed by atoms with Crippen LogP contribution in [-0.2, 0) is 4.74 Å². The molecule has 4 nitrogen and oxygen atoms in total. The van der Waals surface area contributed by atoms with Gasteiger partial charge >= 0.3 is 0 Å². The van der Waals surface area contributed by atoms with Gasteiger partial charge in [-0.3, -0.25) is 4.79 Å². The molecule has 1 aromatic carbocycles. The van der Waals surface area contributed by atoms with Gasteiger partial charge in [-0.25, -0.2) is 0 Å². The molecule has 1 saturated heterocycles. The molecule has 4 heteroatoms. The molecule has 0 unspecified atom stereocenters. The molecular weight excluding hydrogens is 254 g/mol. The van der Waals surface area contributed by atoms with Crippen LogP contribution >= 0.6 is 0 Å². The van der Waals surface area contributed by atoms with Gasteiger partial charge in [-0.1, -0.05) is 30.3 Å². The number of carbonyl (C=O) groups is 1. The van der Waals surface area contributed by atoms with Crippen LogP contribution in [0.5, 0.6) is 0 Å². The Kier molecular flexibility index (Phi) is 3.83. The van der Waals surface area contributed by atoms with E-state index >= 15 is 0 Å². The Hall–Kier alpha value is -2.07. The zero-order valence-corrected chi connectivity index (χ0v) is 11.1. The first-order valence-electron chi connectivity index (χ1n) is 6.83. The molecule has 0 bridgehead atoms. The number of rotatable bonds is 4. The van der Waals surface area contributed by atoms with Crippen LogP contribution in [0.1, 0.15) is 28.6 Å². The maximum Gasteiger partial charge on any atom is 0.286 e. The van der Waals surface area contributed by atoms with Gasteiger partial charge < -0.3 is 14.5 Å². The summed E-state index contributed by atoms with van der Waals surface area (Å²) in [5.74, 6) is 0.477. The predicted octanol–water partition coefficient (Wildman–Crippen LogP) is 2.79. The number of amides is 1. The van der Waals surface area contributed by atoms with Crippen molar-refractivity contribution in [2.45, 2.75) is 12.5 Å². The molecule has 1 aliphatic heterocycles. The van der Waals surface area contributed by atoms with Crippen LogP contribution < -0.4 is 5.32 Å². The first kappa shape index (κ1) is 12.9. The largest absolute Gasteiger partial charge is 0.459 e. The summed E-state index contributed by atoms with van der Waals surface area (Å²) < 4.78 is 10.9. The first-order chi connectivity index (χ1) is 9.84. The normalized spacial score (nSPS) is 21.8. The summed E-state index contributed by atoms with van der Waals surface area (Å²) in [5.41, 5.74) is 1.17. The lowest BCUT2D eigenvalue weighted by Gasteiger charge is -2.19. The van der Waals surface area contributed by atoms with E-state index in [4.69, 9.17) is 9.15 Å². The van der Waals surface area contributed by atoms with Gasteiger partial charge in [-0.15, -0.1) is 0 Å². The van der Waals surface area contributed by atoms with Gasteiger partial charge in [0.2, 0.25) is 0 Å². The Morgan fingerprint density at radius 2 is 2.05 bits per heavy atom. The molecular formula is C16H17NO3. The van der Waals surface area contributed by atoms with Gasteiger partial charge in [0, 0.05) is 19.1 Å². The third-order valence-corrected chi connectivity index (χ3v) is 3.61. The molecule has 20 heavy (non-hydrogen) atoms. The predicted molar refractivity (Wildman–Crippen MR) is 74.3 cm³/mol. The summed E-state index contributed by atoms with van der Waals surface area (Å²) in [7, 11) is 0. The number of benzene rings is 1. The Morgan fingerprint density at radius 1 is 1.20 bits per heavy atom. The lowest BCUT2D eigenvalue weighted by Crippen LogP contribution is -2.30. The average molecular weight is 271 g/mol. The van der Waals surface area contributed by atoms with Crippen molar-refractivity contribution in [3.8, 4) is 0 Å². The SMILES string of the molecule is O=C(NC[C@H]1CCO[C@@H]1c1ccccc1)c1ccco1. The zero-order chi connectivity index (χ0) is 13.8. The number of nitrogens with one attached hydrogen (secondary N) is 1. The van der Waals surface area contributed by atoms with Crippen molar-refractivity contribution in [1.29, 1.82) is 0 Å². The summed E-state index contributed by atoms with van der Waals surface area (Å²) in [6.45, 7) is 1.33. The van der Waals surface area contributed by atoms with Gasteiger partial charge in [0.25, 0.3) is 5.91 Å². The van der Waals surface area contributed by atoms with Crippen LogP contribution in [0.15, 0.2) is 53.1 Å². The van der Waals surface area contributed by atoms with Gasteiger partial charge in [-0.2, -0.15) is 0 Å². The van der Waals surface area contributed by atoms with Crippen molar-refractivity contribution in [2.24, 2.45) is 5.92 Å². The summed E-state index contributed by atoms with van der Waals surface area (Å²) in [6, 6.07) is 13.5. The fourth-order valence-corrected chi connectivity index (χ4v) is 2.57. The van der Waals surface area contributed by atoms with Crippen LogP contribution in [-0.4, -0.2) is 19.1 Å². The topological polar surface area (TPSA) is 51.5 Å². The second kappa shape index (κ2) is 5.92. The quantitative estimate of drug-likeness (QED) is 0.930. The van der Waals surface area contributed by atoms with Crippen molar-refractivity contribution in [3.05, 3.63) is 60.1 Å². The van der Waals surface area contributed by atoms with E-state index in [9.17, 15) is 4.79 Å². The summed E-state index contributed by atoms with van der Waals surface area (Å²) >= 11 is 0. The number of furan rings is 1. The lowest BCUT2D eigenvalue weighted by molar-refractivity contribution is 0.0832. The monoisotopic (exact) mass is 271 g/mol. The van der Waals surface area contributed by atoms with E-state index in [-0.39, 0.29) is 12.0 Å². The molecule has 1 amide bonds. The van der Waals surface area contributed by atoms with Crippen molar-refractivity contribution < 1.29 is 13.9 Å². The van der Waals surface area contributed by atoms with Crippen molar-refractivity contribution in [1.82, 2.24) is 5.32 Å². The molecule has 2 atom stereocenters. The Labute approximate surface area is 117 Å². The van der Waals surface area contributed by atoms with Crippen LogP contribution in [0.3, 0.4) is 0 Å². The molecule has 1 aromatic heterocycles. The number of hydrogen-bond donors (Lipinski definition) is 1. The van der Waals surface area contributed by atoms with Gasteiger partial charge in [-0.05, 0) is 24.1 Å². The highest BCUT2D eigenvalue weighted by Crippen LogP contribution is 2.33. The molecule has 1 N–H and O–H groups in total. The fraction of sp³-hybridized carbons (Fsp3) is 0.312. The smallest absolute Gasteiger partial charge is 0.286 e. The highest BCUT2D eigenvalue weighted by atomic mass is 16.5. The third-order valence-electron chi connectivity index (χ3n) is 3.61.